The van der Waals surface area contributed by atoms with Crippen molar-refractivity contribution in [2.75, 3.05) is 39.4 Å². The SMILES string of the molecule is CCOC(=O)N1CCC(NC(=O)[C@@H]2CCCN(C(=O)OCC)C2)CC1. The molecular weight excluding hydrogens is 326 g/mol. The van der Waals surface area contributed by atoms with Crippen LogP contribution in [-0.2, 0) is 14.3 Å². The Bertz CT molecular complexity index is 477. The Balaban J connectivity index is 1.76. The van der Waals surface area contributed by atoms with Crippen LogP contribution in [0.4, 0.5) is 9.59 Å². The molecule has 2 heterocycles. The Morgan fingerprint density at radius 2 is 1.52 bits per heavy atom. The summed E-state index contributed by atoms with van der Waals surface area (Å²) < 4.78 is 10.0. The van der Waals surface area contributed by atoms with Crippen LogP contribution in [0.15, 0.2) is 0 Å². The number of ether oxygens (including phenoxy) is 2. The van der Waals surface area contributed by atoms with Crippen LogP contribution in [0.3, 0.4) is 0 Å². The van der Waals surface area contributed by atoms with Gasteiger partial charge in [-0.05, 0) is 39.5 Å². The van der Waals surface area contributed by atoms with Crippen molar-refractivity contribution in [2.24, 2.45) is 5.92 Å². The summed E-state index contributed by atoms with van der Waals surface area (Å²) in [5.74, 6) is -0.204. The first-order valence-corrected chi connectivity index (χ1v) is 9.18. The summed E-state index contributed by atoms with van der Waals surface area (Å²) >= 11 is 0. The van der Waals surface area contributed by atoms with Crippen LogP contribution in [0, 0.1) is 5.92 Å². The lowest BCUT2D eigenvalue weighted by atomic mass is 9.96. The van der Waals surface area contributed by atoms with Gasteiger partial charge in [-0.3, -0.25) is 4.79 Å². The van der Waals surface area contributed by atoms with E-state index in [2.05, 4.69) is 5.32 Å². The van der Waals surface area contributed by atoms with Crippen LogP contribution in [0.25, 0.3) is 0 Å². The van der Waals surface area contributed by atoms with Crippen LogP contribution in [0.5, 0.6) is 0 Å². The van der Waals surface area contributed by atoms with E-state index in [0.717, 1.165) is 25.7 Å². The van der Waals surface area contributed by atoms with Gasteiger partial charge in [0.2, 0.25) is 5.91 Å². The lowest BCUT2D eigenvalue weighted by Gasteiger charge is -2.34. The van der Waals surface area contributed by atoms with Crippen molar-refractivity contribution in [3.8, 4) is 0 Å². The van der Waals surface area contributed by atoms with E-state index in [1.807, 2.05) is 0 Å². The van der Waals surface area contributed by atoms with Gasteiger partial charge in [0.1, 0.15) is 0 Å². The van der Waals surface area contributed by atoms with Crippen LogP contribution >= 0.6 is 0 Å². The van der Waals surface area contributed by atoms with E-state index in [0.29, 0.717) is 39.4 Å². The Morgan fingerprint density at radius 3 is 2.12 bits per heavy atom. The Labute approximate surface area is 148 Å². The molecular formula is C17H29N3O5. The quantitative estimate of drug-likeness (QED) is 0.827. The van der Waals surface area contributed by atoms with Gasteiger partial charge in [0.15, 0.2) is 0 Å². The topological polar surface area (TPSA) is 88.2 Å². The van der Waals surface area contributed by atoms with Gasteiger partial charge >= 0.3 is 12.2 Å². The molecule has 0 aromatic heterocycles. The maximum atomic E-state index is 12.5. The molecule has 2 aliphatic heterocycles. The predicted molar refractivity (Wildman–Crippen MR) is 91.1 cm³/mol. The maximum absolute atomic E-state index is 12.5. The second-order valence-electron chi connectivity index (χ2n) is 6.45. The fraction of sp³-hybridized carbons (Fsp3) is 0.824. The van der Waals surface area contributed by atoms with Gasteiger partial charge < -0.3 is 24.6 Å². The highest BCUT2D eigenvalue weighted by atomic mass is 16.6. The molecule has 25 heavy (non-hydrogen) atoms. The molecule has 2 saturated heterocycles. The number of piperidine rings is 2. The first-order valence-electron chi connectivity index (χ1n) is 9.18. The lowest BCUT2D eigenvalue weighted by molar-refractivity contribution is -0.127. The Hall–Kier alpha value is -1.99. The molecule has 0 bridgehead atoms. The molecule has 0 aromatic rings. The number of likely N-dealkylation sites (tertiary alicyclic amines) is 2. The zero-order valence-corrected chi connectivity index (χ0v) is 15.2. The second-order valence-corrected chi connectivity index (χ2v) is 6.45. The van der Waals surface area contributed by atoms with Crippen LogP contribution in [0.2, 0.25) is 0 Å². The van der Waals surface area contributed by atoms with Gasteiger partial charge in [0, 0.05) is 32.2 Å². The van der Waals surface area contributed by atoms with Crippen molar-refractivity contribution < 1.29 is 23.9 Å². The molecule has 2 fully saturated rings. The smallest absolute Gasteiger partial charge is 0.409 e. The van der Waals surface area contributed by atoms with Gasteiger partial charge in [0.25, 0.3) is 0 Å². The number of carbonyl (C=O) groups is 3. The van der Waals surface area contributed by atoms with Gasteiger partial charge in [-0.2, -0.15) is 0 Å². The molecule has 142 valence electrons. The zero-order chi connectivity index (χ0) is 18.2. The number of rotatable bonds is 4. The summed E-state index contributed by atoms with van der Waals surface area (Å²) in [5.41, 5.74) is 0. The molecule has 0 unspecified atom stereocenters. The molecule has 8 heteroatoms. The van der Waals surface area contributed by atoms with Crippen molar-refractivity contribution in [3.63, 3.8) is 0 Å². The maximum Gasteiger partial charge on any atom is 0.409 e. The van der Waals surface area contributed by atoms with E-state index >= 15 is 0 Å². The highest BCUT2D eigenvalue weighted by Gasteiger charge is 2.31. The summed E-state index contributed by atoms with van der Waals surface area (Å²) in [7, 11) is 0. The van der Waals surface area contributed by atoms with E-state index in [4.69, 9.17) is 9.47 Å². The summed E-state index contributed by atoms with van der Waals surface area (Å²) in [5, 5.41) is 3.08. The van der Waals surface area contributed by atoms with Crippen molar-refractivity contribution in [1.82, 2.24) is 15.1 Å². The fourth-order valence-corrected chi connectivity index (χ4v) is 3.31. The fourth-order valence-electron chi connectivity index (χ4n) is 3.31. The summed E-state index contributed by atoms with van der Waals surface area (Å²) in [6.07, 6.45) is 2.40. The number of hydrogen-bond acceptors (Lipinski definition) is 5. The standard InChI is InChI=1S/C17H29N3O5/c1-3-24-16(22)19-10-7-14(8-11-19)18-15(21)13-6-5-9-20(12-13)17(23)25-4-2/h13-14H,3-12H2,1-2H3,(H,18,21)/t13-/m1/s1. The monoisotopic (exact) mass is 355 g/mol. The molecule has 3 amide bonds. The lowest BCUT2D eigenvalue weighted by Crippen LogP contribution is -2.51. The van der Waals surface area contributed by atoms with Gasteiger partial charge in [-0.25, -0.2) is 9.59 Å². The third-order valence-electron chi connectivity index (χ3n) is 4.69. The number of hydrogen-bond donors (Lipinski definition) is 1. The minimum atomic E-state index is -0.345. The number of nitrogens with one attached hydrogen (secondary N) is 1. The number of nitrogens with zero attached hydrogens (tertiary/aromatic N) is 2. The largest absolute Gasteiger partial charge is 0.450 e. The average Bonchev–Trinajstić information content (AvgIpc) is 2.63. The highest BCUT2D eigenvalue weighted by Crippen LogP contribution is 2.19. The van der Waals surface area contributed by atoms with Crippen LogP contribution in [0.1, 0.15) is 39.5 Å². The molecule has 8 nitrogen and oxygen atoms in total. The first kappa shape index (κ1) is 19.3. The van der Waals surface area contributed by atoms with Gasteiger partial charge in [-0.1, -0.05) is 0 Å². The van der Waals surface area contributed by atoms with Gasteiger partial charge in [0.05, 0.1) is 19.1 Å². The summed E-state index contributed by atoms with van der Waals surface area (Å²) in [6.45, 7) is 6.49. The molecule has 1 N–H and O–H groups in total. The molecule has 1 atom stereocenters. The molecule has 0 spiro atoms. The van der Waals surface area contributed by atoms with Crippen molar-refractivity contribution >= 4 is 18.1 Å². The number of carbonyl (C=O) groups excluding carboxylic acids is 3. The molecule has 2 aliphatic rings. The van der Waals surface area contributed by atoms with Crippen molar-refractivity contribution in [2.45, 2.75) is 45.6 Å². The van der Waals surface area contributed by atoms with E-state index in [9.17, 15) is 14.4 Å². The molecule has 2 rings (SSSR count). The van der Waals surface area contributed by atoms with Crippen LogP contribution in [-0.4, -0.2) is 73.3 Å². The average molecular weight is 355 g/mol. The van der Waals surface area contributed by atoms with Crippen LogP contribution < -0.4 is 5.32 Å². The molecule has 0 radical (unpaired) electrons. The highest BCUT2D eigenvalue weighted by molar-refractivity contribution is 5.80. The minimum absolute atomic E-state index is 0.0106. The molecule has 0 saturated carbocycles. The normalized spacial score (nSPS) is 21.6. The van der Waals surface area contributed by atoms with Gasteiger partial charge in [-0.15, -0.1) is 0 Å². The van der Waals surface area contributed by atoms with E-state index < -0.39 is 0 Å². The first-order chi connectivity index (χ1) is 12.0. The summed E-state index contributed by atoms with van der Waals surface area (Å²) in [6, 6.07) is 0.0659. The van der Waals surface area contributed by atoms with E-state index in [-0.39, 0.29) is 30.1 Å². The Morgan fingerprint density at radius 1 is 0.920 bits per heavy atom. The van der Waals surface area contributed by atoms with E-state index in [1.165, 1.54) is 0 Å². The Kier molecular flexibility index (Phi) is 7.33. The van der Waals surface area contributed by atoms with Crippen molar-refractivity contribution in [1.29, 1.82) is 0 Å². The third kappa shape index (κ3) is 5.51. The third-order valence-corrected chi connectivity index (χ3v) is 4.69. The minimum Gasteiger partial charge on any atom is -0.450 e. The number of amides is 3. The second kappa shape index (κ2) is 9.48. The predicted octanol–water partition coefficient (Wildman–Crippen LogP) is 1.59. The molecule has 0 aliphatic carbocycles. The van der Waals surface area contributed by atoms with E-state index in [1.54, 1.807) is 23.6 Å². The van der Waals surface area contributed by atoms with Crippen molar-refractivity contribution in [3.05, 3.63) is 0 Å². The molecule has 0 aromatic carbocycles. The zero-order valence-electron chi connectivity index (χ0n) is 15.2. The summed E-state index contributed by atoms with van der Waals surface area (Å²) in [4.78, 5) is 39.3.